The van der Waals surface area contributed by atoms with Crippen LogP contribution in [-0.4, -0.2) is 20.8 Å². The Morgan fingerprint density at radius 2 is 2.13 bits per heavy atom. The highest BCUT2D eigenvalue weighted by atomic mass is 19.4. The van der Waals surface area contributed by atoms with E-state index in [2.05, 4.69) is 10.1 Å². The molecule has 15 heavy (non-hydrogen) atoms. The normalized spacial score (nSPS) is 12.2. The van der Waals surface area contributed by atoms with E-state index >= 15 is 0 Å². The third-order valence-corrected chi connectivity index (χ3v) is 1.95. The molecule has 0 N–H and O–H groups in total. The molecule has 0 aliphatic rings. The number of rotatable bonds is 2. The molecule has 0 aliphatic carbocycles. The lowest BCUT2D eigenvalue weighted by Crippen LogP contribution is -2.08. The fraction of sp³-hybridized carbons (Fsp3) is 0.333. The second-order valence-electron chi connectivity index (χ2n) is 3.17. The average Bonchev–Trinajstić information content (AvgIpc) is 2.56. The molecule has 0 amide bonds. The van der Waals surface area contributed by atoms with Gasteiger partial charge in [-0.15, -0.1) is 0 Å². The van der Waals surface area contributed by atoms with Crippen molar-refractivity contribution in [2.75, 3.05) is 0 Å². The van der Waals surface area contributed by atoms with Crippen molar-refractivity contribution in [3.8, 4) is 0 Å². The van der Waals surface area contributed by atoms with Crippen molar-refractivity contribution in [1.29, 1.82) is 0 Å². The van der Waals surface area contributed by atoms with Crippen LogP contribution < -0.4 is 0 Å². The first-order chi connectivity index (χ1) is 7.04. The van der Waals surface area contributed by atoms with E-state index in [4.69, 9.17) is 0 Å². The van der Waals surface area contributed by atoms with Gasteiger partial charge in [0.2, 0.25) is 0 Å². The summed E-state index contributed by atoms with van der Waals surface area (Å²) >= 11 is 0. The van der Waals surface area contributed by atoms with E-state index in [-0.39, 0.29) is 6.42 Å². The van der Waals surface area contributed by atoms with Gasteiger partial charge in [-0.3, -0.25) is 0 Å². The van der Waals surface area contributed by atoms with Crippen molar-refractivity contribution in [3.05, 3.63) is 30.2 Å². The molecule has 0 fully saturated rings. The molecule has 2 rings (SSSR count). The highest BCUT2D eigenvalue weighted by Crippen LogP contribution is 2.21. The summed E-state index contributed by atoms with van der Waals surface area (Å²) < 4.78 is 37.3. The maximum atomic E-state index is 11.9. The van der Waals surface area contributed by atoms with Gasteiger partial charge in [0, 0.05) is 31.3 Å². The highest BCUT2D eigenvalue weighted by molar-refractivity contribution is 5.38. The minimum Gasteiger partial charge on any atom is -0.237 e. The summed E-state index contributed by atoms with van der Waals surface area (Å²) in [4.78, 5) is 3.97. The van der Waals surface area contributed by atoms with Crippen LogP contribution in [-0.2, 0) is 6.42 Å². The standard InChI is InChI=1S/C9H8F3N3/c10-9(11,12)3-2-7-6-8-13-4-1-5-15(8)14-7/h1,4-6H,2-3H2. The third-order valence-electron chi connectivity index (χ3n) is 1.95. The smallest absolute Gasteiger partial charge is 0.237 e. The van der Waals surface area contributed by atoms with Crippen molar-refractivity contribution < 1.29 is 13.2 Å². The Morgan fingerprint density at radius 3 is 2.80 bits per heavy atom. The first-order valence-electron chi connectivity index (χ1n) is 4.41. The Hall–Kier alpha value is -1.59. The van der Waals surface area contributed by atoms with Gasteiger partial charge in [0.05, 0.1) is 5.69 Å². The number of aryl methyl sites for hydroxylation is 1. The van der Waals surface area contributed by atoms with Gasteiger partial charge in [0.15, 0.2) is 5.65 Å². The summed E-state index contributed by atoms with van der Waals surface area (Å²) in [6, 6.07) is 3.24. The van der Waals surface area contributed by atoms with Gasteiger partial charge in [0.1, 0.15) is 0 Å². The lowest BCUT2D eigenvalue weighted by molar-refractivity contribution is -0.134. The third kappa shape index (κ3) is 2.45. The number of aromatic nitrogens is 3. The summed E-state index contributed by atoms with van der Waals surface area (Å²) in [5.74, 6) is 0. The Bertz CT molecular complexity index is 428. The number of nitrogens with zero attached hydrogens (tertiary/aromatic N) is 3. The van der Waals surface area contributed by atoms with E-state index in [1.54, 1.807) is 24.5 Å². The van der Waals surface area contributed by atoms with Crippen LogP contribution in [0.15, 0.2) is 24.5 Å². The van der Waals surface area contributed by atoms with Crippen molar-refractivity contribution in [1.82, 2.24) is 14.6 Å². The lowest BCUT2D eigenvalue weighted by Gasteiger charge is -2.02. The molecule has 0 bridgehead atoms. The van der Waals surface area contributed by atoms with E-state index in [1.165, 1.54) is 4.52 Å². The van der Waals surface area contributed by atoms with Crippen LogP contribution in [0.5, 0.6) is 0 Å². The molecule has 0 aromatic carbocycles. The van der Waals surface area contributed by atoms with Gasteiger partial charge in [-0.25, -0.2) is 9.50 Å². The summed E-state index contributed by atoms with van der Waals surface area (Å²) in [7, 11) is 0. The largest absolute Gasteiger partial charge is 0.389 e. The predicted octanol–water partition coefficient (Wildman–Crippen LogP) is 2.22. The molecule has 0 saturated carbocycles. The average molecular weight is 215 g/mol. The van der Waals surface area contributed by atoms with E-state index in [1.807, 2.05) is 0 Å². The molecule has 3 nitrogen and oxygen atoms in total. The second-order valence-corrected chi connectivity index (χ2v) is 3.17. The van der Waals surface area contributed by atoms with Gasteiger partial charge in [-0.2, -0.15) is 18.3 Å². The second kappa shape index (κ2) is 3.52. The molecule has 0 unspecified atom stereocenters. The van der Waals surface area contributed by atoms with E-state index in [0.29, 0.717) is 11.3 Å². The van der Waals surface area contributed by atoms with Crippen LogP contribution >= 0.6 is 0 Å². The summed E-state index contributed by atoms with van der Waals surface area (Å²) in [5, 5.41) is 3.97. The zero-order valence-corrected chi connectivity index (χ0v) is 7.70. The summed E-state index contributed by atoms with van der Waals surface area (Å²) in [5.41, 5.74) is 0.973. The van der Waals surface area contributed by atoms with Crippen LogP contribution in [0.25, 0.3) is 5.65 Å². The number of hydrogen-bond donors (Lipinski definition) is 0. The maximum absolute atomic E-state index is 11.9. The minimum atomic E-state index is -4.14. The lowest BCUT2D eigenvalue weighted by atomic mass is 10.2. The highest BCUT2D eigenvalue weighted by Gasteiger charge is 2.26. The fourth-order valence-electron chi connectivity index (χ4n) is 1.27. The molecule has 2 heterocycles. The van der Waals surface area contributed by atoms with Crippen molar-refractivity contribution >= 4 is 5.65 Å². The monoisotopic (exact) mass is 215 g/mol. The molecule has 0 aliphatic heterocycles. The van der Waals surface area contributed by atoms with E-state index < -0.39 is 12.6 Å². The topological polar surface area (TPSA) is 30.2 Å². The molecular formula is C9H8F3N3. The Morgan fingerprint density at radius 1 is 1.33 bits per heavy atom. The molecule has 2 aromatic heterocycles. The first kappa shape index (κ1) is 9.95. The molecule has 0 saturated heterocycles. The SMILES string of the molecule is FC(F)(F)CCc1cc2ncccn2n1. The maximum Gasteiger partial charge on any atom is 0.389 e. The fourth-order valence-corrected chi connectivity index (χ4v) is 1.27. The van der Waals surface area contributed by atoms with Crippen LogP contribution in [0, 0.1) is 0 Å². The Kier molecular flexibility index (Phi) is 2.34. The molecule has 2 aromatic rings. The number of halogens is 3. The number of fused-ring (bicyclic) bond motifs is 1. The minimum absolute atomic E-state index is 0.104. The van der Waals surface area contributed by atoms with Crippen LogP contribution in [0.2, 0.25) is 0 Å². The molecule has 0 radical (unpaired) electrons. The van der Waals surface area contributed by atoms with Gasteiger partial charge in [-0.1, -0.05) is 0 Å². The van der Waals surface area contributed by atoms with Crippen LogP contribution in [0.1, 0.15) is 12.1 Å². The van der Waals surface area contributed by atoms with Gasteiger partial charge in [-0.05, 0) is 6.07 Å². The zero-order valence-electron chi connectivity index (χ0n) is 7.70. The van der Waals surface area contributed by atoms with Crippen molar-refractivity contribution in [2.24, 2.45) is 0 Å². The van der Waals surface area contributed by atoms with Crippen molar-refractivity contribution in [3.63, 3.8) is 0 Å². The summed E-state index contributed by atoms with van der Waals surface area (Å²) in [6.07, 6.45) is -1.86. The van der Waals surface area contributed by atoms with Crippen LogP contribution in [0.3, 0.4) is 0 Å². The van der Waals surface area contributed by atoms with E-state index in [0.717, 1.165) is 0 Å². The van der Waals surface area contributed by atoms with Gasteiger partial charge < -0.3 is 0 Å². The molecule has 6 heteroatoms. The quantitative estimate of drug-likeness (QED) is 0.768. The first-order valence-corrected chi connectivity index (χ1v) is 4.41. The van der Waals surface area contributed by atoms with E-state index in [9.17, 15) is 13.2 Å². The molecule has 0 spiro atoms. The molecular weight excluding hydrogens is 207 g/mol. The Balaban J connectivity index is 2.16. The number of hydrogen-bond acceptors (Lipinski definition) is 2. The number of alkyl halides is 3. The summed E-state index contributed by atoms with van der Waals surface area (Å²) in [6.45, 7) is 0. The molecule has 80 valence electrons. The van der Waals surface area contributed by atoms with Gasteiger partial charge >= 0.3 is 6.18 Å². The predicted molar refractivity (Wildman–Crippen MR) is 47.4 cm³/mol. The van der Waals surface area contributed by atoms with Crippen molar-refractivity contribution in [2.45, 2.75) is 19.0 Å². The Labute approximate surface area is 83.5 Å². The van der Waals surface area contributed by atoms with Crippen LogP contribution in [0.4, 0.5) is 13.2 Å². The zero-order chi connectivity index (χ0) is 10.9. The van der Waals surface area contributed by atoms with Gasteiger partial charge in [0.25, 0.3) is 0 Å². The molecule has 0 atom stereocenters.